The van der Waals surface area contributed by atoms with Gasteiger partial charge in [0.05, 0.1) is 18.8 Å². The molecule has 0 spiro atoms. The van der Waals surface area contributed by atoms with Crippen LogP contribution in [-0.4, -0.2) is 46.1 Å². The molecule has 50 heavy (non-hydrogen) atoms. The van der Waals surface area contributed by atoms with E-state index in [4.69, 9.17) is 0 Å². The molecule has 0 aromatic rings. The molecule has 0 saturated carbocycles. The molecule has 0 bridgehead atoms. The highest BCUT2D eigenvalue weighted by Gasteiger charge is 2.26. The van der Waals surface area contributed by atoms with Gasteiger partial charge >= 0.3 is 0 Å². The van der Waals surface area contributed by atoms with Crippen molar-refractivity contribution in [2.45, 2.75) is 238 Å². The fourth-order valence-corrected chi connectivity index (χ4v) is 6.54. The molecule has 3 unspecified atom stereocenters. The number of hydrogen-bond acceptors (Lipinski definition) is 4. The molecule has 5 heteroatoms. The lowest BCUT2D eigenvalue weighted by molar-refractivity contribution is -0.124. The van der Waals surface area contributed by atoms with Gasteiger partial charge in [-0.05, 0) is 70.6 Å². The lowest BCUT2D eigenvalue weighted by Gasteiger charge is -2.26. The topological polar surface area (TPSA) is 89.8 Å². The molecule has 0 aliphatic rings. The lowest BCUT2D eigenvalue weighted by atomic mass is 10.0. The number of carbonyl (C=O) groups is 1. The molecule has 0 fully saturated rings. The van der Waals surface area contributed by atoms with Crippen LogP contribution in [0.15, 0.2) is 36.5 Å². The fraction of sp³-hybridized carbons (Fsp3) is 0.844. The molecule has 4 N–H and O–H groups in total. The highest BCUT2D eigenvalue weighted by molar-refractivity contribution is 5.76. The van der Waals surface area contributed by atoms with Crippen molar-refractivity contribution < 1.29 is 20.1 Å². The van der Waals surface area contributed by atoms with E-state index in [1.165, 1.54) is 141 Å². The normalized spacial score (nSPS) is 13.9. The van der Waals surface area contributed by atoms with E-state index in [0.29, 0.717) is 12.8 Å². The molecule has 0 radical (unpaired) electrons. The Labute approximate surface area is 311 Å². The summed E-state index contributed by atoms with van der Waals surface area (Å²) in [4.78, 5) is 12.4. The molecule has 5 nitrogen and oxygen atoms in total. The summed E-state index contributed by atoms with van der Waals surface area (Å²) >= 11 is 0. The first kappa shape index (κ1) is 48.6. The largest absolute Gasteiger partial charge is 0.394 e. The van der Waals surface area contributed by atoms with Crippen LogP contribution in [0.4, 0.5) is 0 Å². The maximum Gasteiger partial charge on any atom is 0.220 e. The number of rotatable bonds is 39. The minimum absolute atomic E-state index is 0.163. The zero-order chi connectivity index (χ0) is 36.6. The molecular formula is C45H85NO4. The Bertz CT molecular complexity index is 779. The smallest absolute Gasteiger partial charge is 0.220 e. The molecule has 0 aliphatic carbocycles. The molecule has 0 aliphatic heterocycles. The van der Waals surface area contributed by atoms with Crippen molar-refractivity contribution >= 4 is 5.91 Å². The summed E-state index contributed by atoms with van der Waals surface area (Å²) in [5, 5.41) is 33.4. The third-order valence-electron chi connectivity index (χ3n) is 9.97. The Morgan fingerprint density at radius 2 is 0.860 bits per heavy atom. The zero-order valence-corrected chi connectivity index (χ0v) is 33.3. The first-order valence-electron chi connectivity index (χ1n) is 21.8. The molecule has 0 rings (SSSR count). The first-order valence-corrected chi connectivity index (χ1v) is 21.8. The van der Waals surface area contributed by atoms with Gasteiger partial charge in [0.2, 0.25) is 5.91 Å². The number of carbonyl (C=O) groups excluding carboxylic acids is 1. The van der Waals surface area contributed by atoms with Crippen molar-refractivity contribution in [3.05, 3.63) is 36.5 Å². The highest BCUT2D eigenvalue weighted by atomic mass is 16.3. The molecule has 0 saturated heterocycles. The predicted molar refractivity (Wildman–Crippen MR) is 218 cm³/mol. The Hall–Kier alpha value is -1.43. The summed E-state index contributed by atoms with van der Waals surface area (Å²) in [5.41, 5.74) is 0. The van der Waals surface area contributed by atoms with E-state index in [9.17, 15) is 20.1 Å². The van der Waals surface area contributed by atoms with E-state index in [1.54, 1.807) is 0 Å². The molecule has 0 aromatic heterocycles. The van der Waals surface area contributed by atoms with Crippen LogP contribution in [0.25, 0.3) is 0 Å². The van der Waals surface area contributed by atoms with Crippen molar-refractivity contribution in [3.8, 4) is 0 Å². The van der Waals surface area contributed by atoms with E-state index in [-0.39, 0.29) is 12.5 Å². The third kappa shape index (κ3) is 35.0. The maximum absolute atomic E-state index is 12.4. The van der Waals surface area contributed by atoms with E-state index < -0.39 is 18.2 Å². The summed E-state index contributed by atoms with van der Waals surface area (Å²) < 4.78 is 0. The highest BCUT2D eigenvalue weighted by Crippen LogP contribution is 2.14. The number of allylic oxidation sites excluding steroid dienone is 6. The van der Waals surface area contributed by atoms with Crippen molar-refractivity contribution in [1.82, 2.24) is 5.32 Å². The fourth-order valence-electron chi connectivity index (χ4n) is 6.54. The van der Waals surface area contributed by atoms with Crippen LogP contribution in [-0.2, 0) is 4.79 Å². The summed E-state index contributed by atoms with van der Waals surface area (Å²) in [6.45, 7) is 4.15. The van der Waals surface area contributed by atoms with Gasteiger partial charge in [-0.1, -0.05) is 179 Å². The maximum atomic E-state index is 12.4. The summed E-state index contributed by atoms with van der Waals surface area (Å²) in [5.74, 6) is -0.163. The standard InChI is InChI=1S/C45H85NO4/c1-3-5-7-9-11-13-15-17-18-19-20-21-22-23-24-25-26-28-30-32-34-36-38-40-44(49)46-42(41-47)45(50)43(48)39-37-35-33-31-29-27-16-14-12-10-8-6-4-2/h20-21,23-24,31,33,42-43,45,47-48,50H,3-19,22,25-30,32,34-41H2,1-2H3,(H,46,49)/b21-20-,24-23-,33-31+. The number of aliphatic hydroxyl groups excluding tert-OH is 3. The van der Waals surface area contributed by atoms with Gasteiger partial charge in [0, 0.05) is 6.42 Å². The summed E-state index contributed by atoms with van der Waals surface area (Å²) in [6.07, 6.45) is 49.7. The Kier molecular flexibility index (Phi) is 39.2. The van der Waals surface area contributed by atoms with Crippen LogP contribution in [0.3, 0.4) is 0 Å². The van der Waals surface area contributed by atoms with Crippen LogP contribution >= 0.6 is 0 Å². The number of nitrogens with one attached hydrogen (secondary N) is 1. The van der Waals surface area contributed by atoms with Gasteiger partial charge in [0.15, 0.2) is 0 Å². The molecular weight excluding hydrogens is 618 g/mol. The monoisotopic (exact) mass is 704 g/mol. The second kappa shape index (κ2) is 40.3. The molecule has 1 amide bonds. The SMILES string of the molecule is CCCCCCCCCC/C=C/CCCC(O)C(O)C(CO)NC(=O)CCCCCCCCC/C=C\C/C=C\CCCCCCCCCCC. The molecule has 0 heterocycles. The van der Waals surface area contributed by atoms with Gasteiger partial charge in [-0.3, -0.25) is 4.79 Å². The minimum Gasteiger partial charge on any atom is -0.394 e. The Morgan fingerprint density at radius 3 is 1.28 bits per heavy atom. The Balaban J connectivity index is 3.67. The van der Waals surface area contributed by atoms with Gasteiger partial charge in [-0.15, -0.1) is 0 Å². The van der Waals surface area contributed by atoms with Crippen molar-refractivity contribution in [3.63, 3.8) is 0 Å². The van der Waals surface area contributed by atoms with Gasteiger partial charge < -0.3 is 20.6 Å². The van der Waals surface area contributed by atoms with Gasteiger partial charge in [0.25, 0.3) is 0 Å². The van der Waals surface area contributed by atoms with Gasteiger partial charge in [0.1, 0.15) is 6.10 Å². The van der Waals surface area contributed by atoms with E-state index in [1.807, 2.05) is 0 Å². The molecule has 0 aromatic carbocycles. The Morgan fingerprint density at radius 1 is 0.500 bits per heavy atom. The first-order chi connectivity index (χ1) is 24.6. The summed E-state index contributed by atoms with van der Waals surface area (Å²) in [7, 11) is 0. The van der Waals surface area contributed by atoms with E-state index in [2.05, 4.69) is 55.6 Å². The number of hydrogen-bond donors (Lipinski definition) is 4. The number of unbranched alkanes of at least 4 members (excludes halogenated alkanes) is 25. The molecule has 3 atom stereocenters. The van der Waals surface area contributed by atoms with E-state index in [0.717, 1.165) is 51.4 Å². The van der Waals surface area contributed by atoms with Gasteiger partial charge in [-0.2, -0.15) is 0 Å². The lowest BCUT2D eigenvalue weighted by Crippen LogP contribution is -2.50. The average molecular weight is 704 g/mol. The second-order valence-electron chi connectivity index (χ2n) is 14.9. The minimum atomic E-state index is -1.16. The van der Waals surface area contributed by atoms with Crippen LogP contribution in [0.1, 0.15) is 219 Å². The van der Waals surface area contributed by atoms with Crippen molar-refractivity contribution in [2.75, 3.05) is 6.61 Å². The third-order valence-corrected chi connectivity index (χ3v) is 9.97. The quantitative estimate of drug-likeness (QED) is 0.0379. The number of amides is 1. The van der Waals surface area contributed by atoms with Crippen LogP contribution in [0, 0.1) is 0 Å². The van der Waals surface area contributed by atoms with Crippen molar-refractivity contribution in [2.24, 2.45) is 0 Å². The van der Waals surface area contributed by atoms with Crippen LogP contribution in [0.2, 0.25) is 0 Å². The van der Waals surface area contributed by atoms with Gasteiger partial charge in [-0.25, -0.2) is 0 Å². The van der Waals surface area contributed by atoms with Crippen LogP contribution in [0.5, 0.6) is 0 Å². The van der Waals surface area contributed by atoms with Crippen molar-refractivity contribution in [1.29, 1.82) is 0 Å². The predicted octanol–water partition coefficient (Wildman–Crippen LogP) is 12.4. The average Bonchev–Trinajstić information content (AvgIpc) is 3.12. The molecule has 294 valence electrons. The summed E-state index contributed by atoms with van der Waals surface area (Å²) in [6, 6.07) is -0.829. The number of aliphatic hydroxyl groups is 3. The zero-order valence-electron chi connectivity index (χ0n) is 33.3. The van der Waals surface area contributed by atoms with Crippen LogP contribution < -0.4 is 5.32 Å². The second-order valence-corrected chi connectivity index (χ2v) is 14.9. The van der Waals surface area contributed by atoms with E-state index >= 15 is 0 Å².